The van der Waals surface area contributed by atoms with E-state index in [1.54, 1.807) is 0 Å². The molecule has 0 saturated heterocycles. The van der Waals surface area contributed by atoms with Gasteiger partial charge >= 0.3 is 0 Å². The van der Waals surface area contributed by atoms with Gasteiger partial charge in [0.1, 0.15) is 5.82 Å². The first kappa shape index (κ1) is 38.4. The van der Waals surface area contributed by atoms with Crippen LogP contribution in [0.2, 0.25) is 0 Å². The summed E-state index contributed by atoms with van der Waals surface area (Å²) >= 11 is 0. The normalized spacial score (nSPS) is 13.3. The molecule has 6 heteroatoms. The molecule has 5 nitrogen and oxygen atoms in total. The molecule has 3 heterocycles. The van der Waals surface area contributed by atoms with Crippen LogP contribution in [0.15, 0.2) is 115 Å². The average molecular weight is 905 g/mol. The third-order valence-corrected chi connectivity index (χ3v) is 10.2. The van der Waals surface area contributed by atoms with Gasteiger partial charge in [-0.2, -0.15) is 6.07 Å². The molecule has 0 radical (unpaired) electrons. The minimum absolute atomic E-state index is 0. The van der Waals surface area contributed by atoms with Crippen LogP contribution in [0, 0.1) is 24.2 Å². The number of pyridine rings is 1. The molecule has 2 aromatic heterocycles. The number of hydrogen-bond acceptors (Lipinski definition) is 4. The van der Waals surface area contributed by atoms with E-state index in [0.29, 0.717) is 11.5 Å². The van der Waals surface area contributed by atoms with Gasteiger partial charge in [0.2, 0.25) is 0 Å². The molecule has 1 aliphatic rings. The topological polar surface area (TPSA) is 33.5 Å². The van der Waals surface area contributed by atoms with Crippen LogP contribution in [0.25, 0.3) is 27.6 Å². The molecule has 1 aliphatic heterocycles. The Kier molecular flexibility index (Phi) is 10.0. The Hall–Kier alpha value is -4.86. The molecule has 0 aliphatic carbocycles. The van der Waals surface area contributed by atoms with E-state index in [2.05, 4.69) is 199 Å². The van der Waals surface area contributed by atoms with Crippen LogP contribution >= 0.6 is 0 Å². The SMILES string of the molecule is CC(C)(C)Cc1ccccc1N1[CH-]N(c2[c-]c(Oc3[c-]c4c(cc3)c3ccccc3n4-c3cc(C(C)(C)C)ccn3)cc(C(C)(C)C)c2)c2ccccc21.[Pt]. The summed E-state index contributed by atoms with van der Waals surface area (Å²) in [6, 6.07) is 45.9. The van der Waals surface area contributed by atoms with Gasteiger partial charge in [-0.15, -0.1) is 53.6 Å². The summed E-state index contributed by atoms with van der Waals surface area (Å²) in [7, 11) is 0. The maximum Gasteiger partial charge on any atom is 0.135 e. The fraction of sp³-hybridized carbons (Fsp3) is 0.265. The summed E-state index contributed by atoms with van der Waals surface area (Å²) in [5, 5.41) is 2.25. The quantitative estimate of drug-likeness (QED) is 0.156. The van der Waals surface area contributed by atoms with Crippen molar-refractivity contribution >= 4 is 44.6 Å². The van der Waals surface area contributed by atoms with E-state index in [9.17, 15) is 0 Å². The van der Waals surface area contributed by atoms with Gasteiger partial charge in [0.15, 0.2) is 0 Å². The van der Waals surface area contributed by atoms with Gasteiger partial charge in [-0.05, 0) is 75.6 Å². The van der Waals surface area contributed by atoms with Gasteiger partial charge in [-0.25, -0.2) is 4.98 Å². The van der Waals surface area contributed by atoms with Crippen LogP contribution in [-0.2, 0) is 38.3 Å². The van der Waals surface area contributed by atoms with Gasteiger partial charge < -0.3 is 19.1 Å². The zero-order valence-electron chi connectivity index (χ0n) is 33.3. The van der Waals surface area contributed by atoms with Crippen LogP contribution in [-0.4, -0.2) is 9.55 Å². The van der Waals surface area contributed by atoms with Crippen molar-refractivity contribution in [2.75, 3.05) is 9.80 Å². The Morgan fingerprint density at radius 1 is 0.618 bits per heavy atom. The van der Waals surface area contributed by atoms with E-state index >= 15 is 0 Å². The van der Waals surface area contributed by atoms with E-state index in [4.69, 9.17) is 9.72 Å². The van der Waals surface area contributed by atoms with Gasteiger partial charge in [0.05, 0.1) is 0 Å². The van der Waals surface area contributed by atoms with E-state index in [0.717, 1.165) is 56.7 Å². The van der Waals surface area contributed by atoms with Gasteiger partial charge in [0.25, 0.3) is 0 Å². The predicted molar refractivity (Wildman–Crippen MR) is 225 cm³/mol. The molecule has 0 atom stereocenters. The molecule has 0 N–H and O–H groups in total. The number of anilines is 4. The number of hydrogen-bond donors (Lipinski definition) is 0. The summed E-state index contributed by atoms with van der Waals surface area (Å²) in [4.78, 5) is 9.41. The first-order chi connectivity index (χ1) is 25.6. The zero-order chi connectivity index (χ0) is 38.0. The third-order valence-electron chi connectivity index (χ3n) is 10.2. The first-order valence-corrected chi connectivity index (χ1v) is 18.9. The monoisotopic (exact) mass is 904 g/mol. The zero-order valence-corrected chi connectivity index (χ0v) is 35.5. The van der Waals surface area contributed by atoms with Crippen molar-refractivity contribution in [1.82, 2.24) is 9.55 Å². The number of nitrogens with zero attached hydrogens (tertiary/aromatic N) is 4. The minimum atomic E-state index is -0.135. The second-order valence-corrected chi connectivity index (χ2v) is 17.8. The fourth-order valence-corrected chi connectivity index (χ4v) is 7.41. The van der Waals surface area contributed by atoms with Gasteiger partial charge in [-0.3, -0.25) is 0 Å². The Balaban J connectivity index is 0.00000465. The van der Waals surface area contributed by atoms with Crippen molar-refractivity contribution in [1.29, 1.82) is 0 Å². The molecular weight excluding hydrogens is 856 g/mol. The molecule has 0 spiro atoms. The van der Waals surface area contributed by atoms with Crippen LogP contribution in [0.5, 0.6) is 11.5 Å². The maximum absolute atomic E-state index is 6.76. The predicted octanol–water partition coefficient (Wildman–Crippen LogP) is 13.2. The van der Waals surface area contributed by atoms with Crippen LogP contribution < -0.4 is 14.5 Å². The van der Waals surface area contributed by atoms with Crippen molar-refractivity contribution < 1.29 is 25.8 Å². The fourth-order valence-electron chi connectivity index (χ4n) is 7.41. The molecule has 0 unspecified atom stereocenters. The van der Waals surface area contributed by atoms with Crippen molar-refractivity contribution in [2.24, 2.45) is 5.41 Å². The standard InChI is InChI=1S/C49H49N4O.Pt/c1-47(2,3)31-33-16-10-12-18-41(33)52-32-51(43-20-14-15-21-44(43)52)36-26-35(49(7,8)9)27-38(29-36)54-37-22-23-40-39-17-11-13-19-42(39)53(45(40)30-37)46-28-34(24-25-50-46)48(4,5)6;/h10-28,32H,31H2,1-9H3;/q-3;. The third kappa shape index (κ3) is 7.56. The maximum atomic E-state index is 6.76. The summed E-state index contributed by atoms with van der Waals surface area (Å²) < 4.78 is 8.97. The van der Waals surface area contributed by atoms with Crippen molar-refractivity contribution in [3.8, 4) is 17.3 Å². The van der Waals surface area contributed by atoms with Crippen molar-refractivity contribution in [2.45, 2.75) is 79.6 Å². The minimum Gasteiger partial charge on any atom is -0.509 e. The molecule has 8 rings (SSSR count). The number of ether oxygens (including phenoxy) is 1. The van der Waals surface area contributed by atoms with Crippen LogP contribution in [0.4, 0.5) is 22.7 Å². The first-order valence-electron chi connectivity index (χ1n) is 18.9. The van der Waals surface area contributed by atoms with Crippen LogP contribution in [0.1, 0.15) is 79.0 Å². The molecule has 0 amide bonds. The summed E-state index contributed by atoms with van der Waals surface area (Å²) in [5.41, 5.74) is 10.0. The molecular formula is C49H49N4OPt-3. The Morgan fingerprint density at radius 2 is 1.27 bits per heavy atom. The second-order valence-electron chi connectivity index (χ2n) is 17.8. The molecule has 0 saturated carbocycles. The smallest absolute Gasteiger partial charge is 0.135 e. The van der Waals surface area contributed by atoms with E-state index in [1.807, 2.05) is 12.3 Å². The van der Waals surface area contributed by atoms with Gasteiger partial charge in [-0.1, -0.05) is 116 Å². The molecule has 5 aromatic carbocycles. The number of rotatable bonds is 6. The van der Waals surface area contributed by atoms with Crippen molar-refractivity contribution in [3.05, 3.63) is 151 Å². The molecule has 7 aromatic rings. The average Bonchev–Trinajstić information content (AvgIpc) is 3.66. The van der Waals surface area contributed by atoms with Crippen molar-refractivity contribution in [3.63, 3.8) is 0 Å². The largest absolute Gasteiger partial charge is 0.509 e. The number of fused-ring (bicyclic) bond motifs is 4. The molecule has 0 bridgehead atoms. The summed E-state index contributed by atoms with van der Waals surface area (Å²) in [5.74, 6) is 2.12. The van der Waals surface area contributed by atoms with Gasteiger partial charge in [0, 0.05) is 61.3 Å². The Morgan fingerprint density at radius 3 is 1.98 bits per heavy atom. The summed E-state index contributed by atoms with van der Waals surface area (Å²) in [6.07, 6.45) is 2.88. The summed E-state index contributed by atoms with van der Waals surface area (Å²) in [6.45, 7) is 22.5. The number of benzene rings is 5. The second kappa shape index (κ2) is 14.3. The molecule has 0 fully saturated rings. The molecule has 55 heavy (non-hydrogen) atoms. The van der Waals surface area contributed by atoms with Crippen LogP contribution in [0.3, 0.4) is 0 Å². The van der Waals surface area contributed by atoms with E-state index in [-0.39, 0.29) is 37.3 Å². The van der Waals surface area contributed by atoms with E-state index < -0.39 is 0 Å². The Labute approximate surface area is 341 Å². The van der Waals surface area contributed by atoms with E-state index in [1.165, 1.54) is 16.8 Å². The molecule has 284 valence electrons. The Bertz CT molecular complexity index is 2510. The number of aromatic nitrogens is 2. The number of para-hydroxylation sites is 4.